The van der Waals surface area contributed by atoms with Gasteiger partial charge in [0.2, 0.25) is 5.91 Å². The van der Waals surface area contributed by atoms with Gasteiger partial charge in [0, 0.05) is 31.3 Å². The summed E-state index contributed by atoms with van der Waals surface area (Å²) in [5, 5.41) is 2.80. The molecule has 0 saturated heterocycles. The van der Waals surface area contributed by atoms with E-state index in [1.807, 2.05) is 58.9 Å². The molecular weight excluding hydrogens is 332 g/mol. The molecule has 0 atom stereocenters. The summed E-state index contributed by atoms with van der Waals surface area (Å²) in [6.45, 7) is 10.5. The summed E-state index contributed by atoms with van der Waals surface area (Å²) in [6.07, 6.45) is 1.15. The number of likely N-dealkylation sites (N-methyl/N-ethyl adjacent to an activating group) is 1. The minimum absolute atomic E-state index is 0.214. The Morgan fingerprint density at radius 1 is 1.23 bits per heavy atom. The largest absolute Gasteiger partial charge is 0.496 e. The highest BCUT2D eigenvalue weighted by Crippen LogP contribution is 2.24. The van der Waals surface area contributed by atoms with Crippen molar-refractivity contribution < 1.29 is 19.1 Å². The number of carbonyl (C=O) groups excluding carboxylic acids is 2. The number of methoxy groups -OCH3 is 1. The number of hydrogen-bond donors (Lipinski definition) is 1. The molecule has 0 aromatic heterocycles. The molecule has 0 fully saturated rings. The number of ether oxygens (including phenoxy) is 2. The number of rotatable bonds is 7. The molecule has 0 aliphatic heterocycles. The maximum atomic E-state index is 12.1. The van der Waals surface area contributed by atoms with E-state index in [1.165, 1.54) is 6.08 Å². The Bertz CT molecular complexity index is 647. The lowest BCUT2D eigenvalue weighted by Crippen LogP contribution is -2.41. The Hall–Kier alpha value is -2.50. The van der Waals surface area contributed by atoms with Crippen LogP contribution in [0.2, 0.25) is 0 Å². The van der Waals surface area contributed by atoms with Gasteiger partial charge in [0.05, 0.1) is 7.11 Å². The maximum Gasteiger partial charge on any atom is 0.410 e. The van der Waals surface area contributed by atoms with Crippen LogP contribution < -0.4 is 10.1 Å². The Morgan fingerprint density at radius 2 is 1.88 bits per heavy atom. The Morgan fingerprint density at radius 3 is 2.46 bits per heavy atom. The van der Waals surface area contributed by atoms with Crippen LogP contribution in [0.15, 0.2) is 30.3 Å². The van der Waals surface area contributed by atoms with Gasteiger partial charge in [0.15, 0.2) is 0 Å². The first-order chi connectivity index (χ1) is 12.2. The molecular formula is C20H30N2O4. The molecule has 1 N–H and O–H groups in total. The van der Waals surface area contributed by atoms with Gasteiger partial charge in [-0.25, -0.2) is 4.79 Å². The third-order valence-corrected chi connectivity index (χ3v) is 3.59. The molecule has 0 bridgehead atoms. The molecule has 26 heavy (non-hydrogen) atoms. The highest BCUT2D eigenvalue weighted by molar-refractivity contribution is 5.95. The average Bonchev–Trinajstić information content (AvgIpc) is 2.56. The molecule has 0 heterocycles. The van der Waals surface area contributed by atoms with Crippen molar-refractivity contribution in [2.24, 2.45) is 0 Å². The third kappa shape index (κ3) is 7.17. The number of amides is 2. The summed E-state index contributed by atoms with van der Waals surface area (Å²) < 4.78 is 10.7. The zero-order valence-electron chi connectivity index (χ0n) is 16.6. The third-order valence-electron chi connectivity index (χ3n) is 3.59. The van der Waals surface area contributed by atoms with E-state index in [9.17, 15) is 9.59 Å². The van der Waals surface area contributed by atoms with Gasteiger partial charge in [-0.2, -0.15) is 0 Å². The number of para-hydroxylation sites is 1. The molecule has 0 aliphatic carbocycles. The van der Waals surface area contributed by atoms with Gasteiger partial charge in [-0.3, -0.25) is 4.79 Å². The minimum atomic E-state index is -0.539. The summed E-state index contributed by atoms with van der Waals surface area (Å²) in [5.74, 6) is 0.504. The van der Waals surface area contributed by atoms with Crippen LogP contribution in [0.4, 0.5) is 4.79 Å². The minimum Gasteiger partial charge on any atom is -0.496 e. The zero-order chi connectivity index (χ0) is 19.7. The predicted octanol–water partition coefficient (Wildman–Crippen LogP) is 3.47. The average molecular weight is 362 g/mol. The van der Waals surface area contributed by atoms with Crippen molar-refractivity contribution >= 4 is 17.6 Å². The van der Waals surface area contributed by atoms with Crippen LogP contribution in [-0.4, -0.2) is 49.2 Å². The summed E-state index contributed by atoms with van der Waals surface area (Å²) in [6, 6.07) is 7.53. The van der Waals surface area contributed by atoms with Crippen molar-refractivity contribution in [3.8, 4) is 5.75 Å². The lowest BCUT2D eigenvalue weighted by molar-refractivity contribution is -0.116. The van der Waals surface area contributed by atoms with E-state index in [4.69, 9.17) is 9.47 Å². The first-order valence-corrected chi connectivity index (χ1v) is 8.75. The Balaban J connectivity index is 2.59. The fourth-order valence-corrected chi connectivity index (χ4v) is 2.31. The lowest BCUT2D eigenvalue weighted by Gasteiger charge is -2.26. The van der Waals surface area contributed by atoms with E-state index in [-0.39, 0.29) is 12.0 Å². The second-order valence-electron chi connectivity index (χ2n) is 6.88. The van der Waals surface area contributed by atoms with Crippen LogP contribution in [0.5, 0.6) is 5.75 Å². The van der Waals surface area contributed by atoms with E-state index < -0.39 is 5.60 Å². The molecule has 6 nitrogen and oxygen atoms in total. The molecule has 0 spiro atoms. The number of nitrogens with zero attached hydrogens (tertiary/aromatic N) is 1. The SMILES string of the molecule is CCN(CCNC(=O)C=C(C)c1ccccc1OC)C(=O)OC(C)(C)C. The molecule has 1 aromatic rings. The van der Waals surface area contributed by atoms with Crippen molar-refractivity contribution in [1.29, 1.82) is 0 Å². The van der Waals surface area contributed by atoms with Crippen molar-refractivity contribution in [2.45, 2.75) is 40.2 Å². The van der Waals surface area contributed by atoms with Crippen LogP contribution >= 0.6 is 0 Å². The van der Waals surface area contributed by atoms with E-state index >= 15 is 0 Å². The van der Waals surface area contributed by atoms with Crippen LogP contribution in [-0.2, 0) is 9.53 Å². The topological polar surface area (TPSA) is 67.9 Å². The number of hydrogen-bond acceptors (Lipinski definition) is 4. The fourth-order valence-electron chi connectivity index (χ4n) is 2.31. The zero-order valence-corrected chi connectivity index (χ0v) is 16.6. The number of benzene rings is 1. The maximum absolute atomic E-state index is 12.1. The Labute approximate surface area is 156 Å². The number of nitrogens with one attached hydrogen (secondary N) is 1. The lowest BCUT2D eigenvalue weighted by atomic mass is 10.1. The molecule has 0 aliphatic rings. The molecule has 1 aromatic carbocycles. The van der Waals surface area contributed by atoms with Gasteiger partial charge < -0.3 is 19.7 Å². The standard InChI is InChI=1S/C20H30N2O4/c1-7-22(19(24)26-20(3,4)5)13-12-21-18(23)14-15(2)16-10-8-9-11-17(16)25-6/h8-11,14H,7,12-13H2,1-6H3,(H,21,23). The van der Waals surface area contributed by atoms with Crippen molar-refractivity contribution in [1.82, 2.24) is 10.2 Å². The fraction of sp³-hybridized carbons (Fsp3) is 0.500. The van der Waals surface area contributed by atoms with E-state index in [0.29, 0.717) is 19.6 Å². The first-order valence-electron chi connectivity index (χ1n) is 8.75. The van der Waals surface area contributed by atoms with E-state index in [1.54, 1.807) is 12.0 Å². The smallest absolute Gasteiger partial charge is 0.410 e. The van der Waals surface area contributed by atoms with Crippen LogP contribution in [0.1, 0.15) is 40.2 Å². The molecule has 0 unspecified atom stereocenters. The normalized spacial score (nSPS) is 11.7. The molecule has 0 saturated carbocycles. The molecule has 0 radical (unpaired) electrons. The van der Waals surface area contributed by atoms with Crippen molar-refractivity contribution in [2.75, 3.05) is 26.7 Å². The van der Waals surface area contributed by atoms with Gasteiger partial charge in [-0.05, 0) is 46.3 Å². The number of allylic oxidation sites excluding steroid dienone is 1. The predicted molar refractivity (Wildman–Crippen MR) is 103 cm³/mol. The van der Waals surface area contributed by atoms with Crippen LogP contribution in [0.25, 0.3) is 5.57 Å². The van der Waals surface area contributed by atoms with Gasteiger partial charge in [0.1, 0.15) is 11.4 Å². The molecule has 6 heteroatoms. The van der Waals surface area contributed by atoms with E-state index in [0.717, 1.165) is 16.9 Å². The van der Waals surface area contributed by atoms with Gasteiger partial charge in [-0.15, -0.1) is 0 Å². The van der Waals surface area contributed by atoms with Crippen molar-refractivity contribution in [3.05, 3.63) is 35.9 Å². The Kier molecular flexibility index (Phi) is 8.16. The highest BCUT2D eigenvalue weighted by atomic mass is 16.6. The second kappa shape index (κ2) is 9.85. The summed E-state index contributed by atoms with van der Waals surface area (Å²) >= 11 is 0. The van der Waals surface area contributed by atoms with Crippen LogP contribution in [0, 0.1) is 0 Å². The molecule has 144 valence electrons. The van der Waals surface area contributed by atoms with Crippen molar-refractivity contribution in [3.63, 3.8) is 0 Å². The second-order valence-corrected chi connectivity index (χ2v) is 6.88. The van der Waals surface area contributed by atoms with Gasteiger partial charge in [0.25, 0.3) is 0 Å². The monoisotopic (exact) mass is 362 g/mol. The summed E-state index contributed by atoms with van der Waals surface area (Å²) in [5.41, 5.74) is 1.14. The van der Waals surface area contributed by atoms with E-state index in [2.05, 4.69) is 5.32 Å². The summed E-state index contributed by atoms with van der Waals surface area (Å²) in [7, 11) is 1.60. The molecule has 1 rings (SSSR count). The molecule has 2 amide bonds. The van der Waals surface area contributed by atoms with Gasteiger partial charge in [-0.1, -0.05) is 18.2 Å². The quantitative estimate of drug-likeness (QED) is 0.754. The summed E-state index contributed by atoms with van der Waals surface area (Å²) in [4.78, 5) is 25.8. The number of carbonyl (C=O) groups is 2. The van der Waals surface area contributed by atoms with Gasteiger partial charge >= 0.3 is 6.09 Å². The first kappa shape index (κ1) is 21.5. The highest BCUT2D eigenvalue weighted by Gasteiger charge is 2.20. The van der Waals surface area contributed by atoms with Crippen LogP contribution in [0.3, 0.4) is 0 Å².